The molecule has 0 unspecified atom stereocenters. The Morgan fingerprint density at radius 1 is 0.183 bits per heavy atom. The van der Waals surface area contributed by atoms with Gasteiger partial charge in [0, 0.05) is 68.2 Å². The summed E-state index contributed by atoms with van der Waals surface area (Å²) in [5.74, 6) is 0. The summed E-state index contributed by atoms with van der Waals surface area (Å²) in [7, 11) is 0. The van der Waals surface area contributed by atoms with Crippen molar-refractivity contribution in [3.8, 4) is 0 Å². The van der Waals surface area contributed by atoms with Crippen molar-refractivity contribution < 1.29 is 0 Å². The normalized spacial score (nSPS) is 10.8. The number of aryl methyl sites for hydroxylation is 2. The Morgan fingerprint density at radius 2 is 0.367 bits per heavy atom. The number of rotatable bonds is 12. The van der Waals surface area contributed by atoms with Crippen LogP contribution in [0.1, 0.15) is 11.1 Å². The zero-order valence-electron chi connectivity index (χ0n) is 33.9. The van der Waals surface area contributed by atoms with Crippen LogP contribution >= 0.6 is 0 Å². The van der Waals surface area contributed by atoms with Crippen LogP contribution < -0.4 is 19.6 Å². The van der Waals surface area contributed by atoms with Gasteiger partial charge in [0.05, 0.1) is 0 Å². The average molecular weight is 775 g/mol. The van der Waals surface area contributed by atoms with E-state index in [9.17, 15) is 0 Å². The van der Waals surface area contributed by atoms with E-state index in [0.29, 0.717) is 0 Å². The highest BCUT2D eigenvalue weighted by molar-refractivity contribution is 5.85. The number of nitrogens with zero attached hydrogens (tertiary/aromatic N) is 4. The molecule has 0 amide bonds. The second kappa shape index (κ2) is 17.4. The van der Waals surface area contributed by atoms with Crippen molar-refractivity contribution >= 4 is 68.2 Å². The van der Waals surface area contributed by atoms with Gasteiger partial charge in [0.2, 0.25) is 0 Å². The van der Waals surface area contributed by atoms with E-state index < -0.39 is 0 Å². The van der Waals surface area contributed by atoms with Gasteiger partial charge < -0.3 is 19.6 Å². The van der Waals surface area contributed by atoms with E-state index in [2.05, 4.69) is 276 Å². The zero-order chi connectivity index (χ0) is 40.7. The molecule has 0 saturated carbocycles. The predicted molar refractivity (Wildman–Crippen MR) is 255 cm³/mol. The lowest BCUT2D eigenvalue weighted by Gasteiger charge is -2.30. The predicted octanol–water partition coefficient (Wildman–Crippen LogP) is 16.2. The summed E-state index contributed by atoms with van der Waals surface area (Å²) in [5.41, 5.74) is 15.6. The third-order valence-corrected chi connectivity index (χ3v) is 10.9. The molecule has 0 aromatic heterocycles. The highest BCUT2D eigenvalue weighted by Crippen LogP contribution is 2.43. The Morgan fingerprint density at radius 3 is 0.617 bits per heavy atom. The Labute approximate surface area is 354 Å². The Balaban J connectivity index is 1.07. The van der Waals surface area contributed by atoms with Crippen LogP contribution in [0.5, 0.6) is 0 Å². The molecule has 0 saturated heterocycles. The minimum absolute atomic E-state index is 1.07. The first-order valence-electron chi connectivity index (χ1n) is 20.4. The molecule has 0 fully saturated rings. The van der Waals surface area contributed by atoms with Crippen molar-refractivity contribution in [3.63, 3.8) is 0 Å². The van der Waals surface area contributed by atoms with Crippen LogP contribution in [0.25, 0.3) is 0 Å². The first-order chi connectivity index (χ1) is 29.6. The summed E-state index contributed by atoms with van der Waals surface area (Å²) >= 11 is 0. The molecule has 0 radical (unpaired) electrons. The number of hydrogen-bond donors (Lipinski definition) is 0. The van der Waals surface area contributed by atoms with Gasteiger partial charge in [-0.2, -0.15) is 0 Å². The third-order valence-electron chi connectivity index (χ3n) is 10.9. The van der Waals surface area contributed by atoms with E-state index in [0.717, 1.165) is 68.2 Å². The quantitative estimate of drug-likeness (QED) is 0.123. The largest absolute Gasteiger partial charge is 0.311 e. The number of hydrogen-bond acceptors (Lipinski definition) is 4. The summed E-state index contributed by atoms with van der Waals surface area (Å²) in [6, 6.07) is 86.1. The van der Waals surface area contributed by atoms with Gasteiger partial charge in [0.1, 0.15) is 0 Å². The van der Waals surface area contributed by atoms with Crippen LogP contribution in [0.2, 0.25) is 0 Å². The van der Waals surface area contributed by atoms with E-state index >= 15 is 0 Å². The highest BCUT2D eigenvalue weighted by Gasteiger charge is 2.20. The van der Waals surface area contributed by atoms with E-state index in [1.165, 1.54) is 11.1 Å². The van der Waals surface area contributed by atoms with Gasteiger partial charge in [0.15, 0.2) is 0 Å². The van der Waals surface area contributed by atoms with Crippen LogP contribution in [-0.4, -0.2) is 0 Å². The van der Waals surface area contributed by atoms with Gasteiger partial charge in [-0.25, -0.2) is 0 Å². The Hall–Kier alpha value is -7.82. The molecule has 4 heteroatoms. The fraction of sp³-hybridized carbons (Fsp3) is 0.0357. The molecule has 60 heavy (non-hydrogen) atoms. The lowest BCUT2D eigenvalue weighted by Crippen LogP contribution is -2.14. The summed E-state index contributed by atoms with van der Waals surface area (Å²) < 4.78 is 0. The average Bonchev–Trinajstić information content (AvgIpc) is 3.31. The van der Waals surface area contributed by atoms with Crippen LogP contribution in [0.15, 0.2) is 243 Å². The van der Waals surface area contributed by atoms with Gasteiger partial charge in [-0.1, -0.05) is 109 Å². The van der Waals surface area contributed by atoms with Gasteiger partial charge in [-0.15, -0.1) is 0 Å². The lowest BCUT2D eigenvalue weighted by atomic mass is 10.1. The fourth-order valence-electron chi connectivity index (χ4n) is 7.94. The number of anilines is 12. The molecular weight excluding hydrogens is 729 g/mol. The topological polar surface area (TPSA) is 13.0 Å². The molecule has 0 heterocycles. The lowest BCUT2D eigenvalue weighted by molar-refractivity contribution is 1.23. The molecule has 9 rings (SSSR count). The van der Waals surface area contributed by atoms with Gasteiger partial charge in [0.25, 0.3) is 0 Å². The first kappa shape index (κ1) is 37.7. The van der Waals surface area contributed by atoms with Crippen LogP contribution in [-0.2, 0) is 0 Å². The maximum atomic E-state index is 2.33. The molecule has 0 bridgehead atoms. The van der Waals surface area contributed by atoms with Crippen LogP contribution in [0.3, 0.4) is 0 Å². The molecule has 9 aromatic rings. The number of benzene rings is 9. The molecular formula is C56H46N4. The van der Waals surface area contributed by atoms with Gasteiger partial charge in [-0.3, -0.25) is 0 Å². The summed E-state index contributed by atoms with van der Waals surface area (Å²) in [6.07, 6.45) is 0. The van der Waals surface area contributed by atoms with Crippen molar-refractivity contribution in [1.29, 1.82) is 0 Å². The smallest absolute Gasteiger partial charge is 0.0490 e. The zero-order valence-corrected chi connectivity index (χ0v) is 33.9. The molecule has 0 aliphatic rings. The maximum absolute atomic E-state index is 2.33. The summed E-state index contributed by atoms with van der Waals surface area (Å²) in [5, 5.41) is 0. The van der Waals surface area contributed by atoms with Crippen molar-refractivity contribution in [1.82, 2.24) is 0 Å². The van der Waals surface area contributed by atoms with E-state index in [1.807, 2.05) is 0 Å². The first-order valence-corrected chi connectivity index (χ1v) is 20.4. The molecule has 0 N–H and O–H groups in total. The SMILES string of the molecule is Cc1ccccc1N(c1ccccc1)c1ccc(N(c2ccccc2)c2ccc(N(c3ccccc3)c3ccc(N(c4ccccc4)c4ccccc4C)cc3)cc2)cc1. The molecule has 0 spiro atoms. The van der Waals surface area contributed by atoms with Crippen molar-refractivity contribution in [3.05, 3.63) is 254 Å². The van der Waals surface area contributed by atoms with E-state index in [1.54, 1.807) is 0 Å². The Kier molecular flexibility index (Phi) is 10.9. The van der Waals surface area contributed by atoms with E-state index in [-0.39, 0.29) is 0 Å². The molecule has 9 aromatic carbocycles. The fourth-order valence-corrected chi connectivity index (χ4v) is 7.94. The molecule has 290 valence electrons. The summed E-state index contributed by atoms with van der Waals surface area (Å²) in [4.78, 5) is 9.29. The molecule has 0 aliphatic heterocycles. The minimum atomic E-state index is 1.07. The maximum Gasteiger partial charge on any atom is 0.0490 e. The minimum Gasteiger partial charge on any atom is -0.311 e. The third kappa shape index (κ3) is 7.87. The molecule has 0 aliphatic carbocycles. The molecule has 0 atom stereocenters. The second-order valence-electron chi connectivity index (χ2n) is 14.8. The highest BCUT2D eigenvalue weighted by atomic mass is 15.2. The van der Waals surface area contributed by atoms with Crippen molar-refractivity contribution in [2.45, 2.75) is 13.8 Å². The second-order valence-corrected chi connectivity index (χ2v) is 14.8. The summed E-state index contributed by atoms with van der Waals surface area (Å²) in [6.45, 7) is 4.33. The number of para-hydroxylation sites is 6. The van der Waals surface area contributed by atoms with Crippen LogP contribution in [0, 0.1) is 13.8 Å². The molecule has 4 nitrogen and oxygen atoms in total. The standard InChI is InChI=1S/C56H46N4/c1-43-19-15-17-29-55(43)59(47-25-11-5-12-26-47)53-39-35-51(36-40-53)57(45-21-7-3-8-22-45)49-31-33-50(34-32-49)58(46-23-9-4-10-24-46)52-37-41-54(42-38-52)60(48-27-13-6-14-28-48)56-30-18-16-20-44(56)2/h3-42H,1-2H3. The monoisotopic (exact) mass is 774 g/mol. The van der Waals surface area contributed by atoms with Crippen LogP contribution in [0.4, 0.5) is 68.2 Å². The van der Waals surface area contributed by atoms with Crippen molar-refractivity contribution in [2.24, 2.45) is 0 Å². The van der Waals surface area contributed by atoms with Gasteiger partial charge >= 0.3 is 0 Å². The Bertz CT molecular complexity index is 2560. The van der Waals surface area contributed by atoms with Gasteiger partial charge in [-0.05, 0) is 158 Å². The van der Waals surface area contributed by atoms with E-state index in [4.69, 9.17) is 0 Å². The van der Waals surface area contributed by atoms with Crippen molar-refractivity contribution in [2.75, 3.05) is 19.6 Å².